The van der Waals surface area contributed by atoms with Gasteiger partial charge in [-0.25, -0.2) is 0 Å². The van der Waals surface area contributed by atoms with E-state index < -0.39 is 12.0 Å². The van der Waals surface area contributed by atoms with Crippen LogP contribution in [-0.2, 0) is 25.7 Å². The average molecular weight is 411 g/mol. The third-order valence-corrected chi connectivity index (χ3v) is 4.74. The van der Waals surface area contributed by atoms with E-state index in [1.807, 2.05) is 59.5 Å². The number of amides is 2. The van der Waals surface area contributed by atoms with E-state index in [1.165, 1.54) is 7.11 Å². The molecule has 2 amide bonds. The Morgan fingerprint density at radius 2 is 1.90 bits per heavy atom. The van der Waals surface area contributed by atoms with Crippen molar-refractivity contribution in [2.75, 3.05) is 26.7 Å². The van der Waals surface area contributed by atoms with Crippen molar-refractivity contribution in [3.63, 3.8) is 0 Å². The molecule has 3 rings (SSSR count). The van der Waals surface area contributed by atoms with Crippen molar-refractivity contribution < 1.29 is 23.9 Å². The zero-order chi connectivity index (χ0) is 21.3. The zero-order valence-electron chi connectivity index (χ0n) is 16.8. The van der Waals surface area contributed by atoms with Crippen LogP contribution < -0.4 is 15.4 Å². The highest BCUT2D eigenvalue weighted by molar-refractivity contribution is 5.90. The lowest BCUT2D eigenvalue weighted by atomic mass is 10.1. The molecule has 2 aromatic rings. The van der Waals surface area contributed by atoms with Gasteiger partial charge in [0.15, 0.2) is 0 Å². The van der Waals surface area contributed by atoms with Crippen LogP contribution in [0.1, 0.15) is 12.0 Å². The fourth-order valence-electron chi connectivity index (χ4n) is 3.23. The highest BCUT2D eigenvalue weighted by atomic mass is 16.5. The van der Waals surface area contributed by atoms with Crippen LogP contribution in [0.2, 0.25) is 0 Å². The number of ether oxygens (including phenoxy) is 2. The van der Waals surface area contributed by atoms with E-state index in [2.05, 4.69) is 15.4 Å². The van der Waals surface area contributed by atoms with Crippen molar-refractivity contribution in [2.24, 2.45) is 0 Å². The first kappa shape index (κ1) is 21.3. The normalized spacial score (nSPS) is 16.4. The Labute approximate surface area is 175 Å². The summed E-state index contributed by atoms with van der Waals surface area (Å²) in [5, 5.41) is 5.28. The Morgan fingerprint density at radius 3 is 2.67 bits per heavy atom. The van der Waals surface area contributed by atoms with Crippen LogP contribution in [0.4, 0.5) is 0 Å². The number of nitrogens with one attached hydrogen (secondary N) is 2. The minimum atomic E-state index is -0.616. The summed E-state index contributed by atoms with van der Waals surface area (Å²) in [6.45, 7) is 1.40. The first-order valence-corrected chi connectivity index (χ1v) is 9.72. The molecule has 8 nitrogen and oxygen atoms in total. The number of carbonyl (C=O) groups is 3. The van der Waals surface area contributed by atoms with Crippen LogP contribution in [0, 0.1) is 0 Å². The number of piperazine rings is 1. The highest BCUT2D eigenvalue weighted by Crippen LogP contribution is 2.23. The largest absolute Gasteiger partial charge is 0.468 e. The number of hydrogen-bond acceptors (Lipinski definition) is 6. The molecule has 1 atom stereocenters. The Balaban J connectivity index is 1.64. The van der Waals surface area contributed by atoms with Crippen LogP contribution in [0.3, 0.4) is 0 Å². The minimum absolute atomic E-state index is 0.0387. The molecule has 1 unspecified atom stereocenters. The molecule has 158 valence electrons. The molecule has 1 heterocycles. The van der Waals surface area contributed by atoms with E-state index in [4.69, 9.17) is 4.74 Å². The number of nitrogens with zero attached hydrogens (tertiary/aromatic N) is 1. The van der Waals surface area contributed by atoms with Crippen molar-refractivity contribution in [3.8, 4) is 11.5 Å². The first-order valence-electron chi connectivity index (χ1n) is 9.72. The van der Waals surface area contributed by atoms with E-state index in [0.29, 0.717) is 25.4 Å². The lowest BCUT2D eigenvalue weighted by Gasteiger charge is -2.34. The minimum Gasteiger partial charge on any atom is -0.468 e. The lowest BCUT2D eigenvalue weighted by Crippen LogP contribution is -2.56. The summed E-state index contributed by atoms with van der Waals surface area (Å²) in [5.74, 6) is 0.322. The van der Waals surface area contributed by atoms with Crippen LogP contribution in [0.15, 0.2) is 54.6 Å². The summed E-state index contributed by atoms with van der Waals surface area (Å²) >= 11 is 0. The Bertz CT molecular complexity index is 887. The number of methoxy groups -OCH3 is 1. The summed E-state index contributed by atoms with van der Waals surface area (Å²) < 4.78 is 10.4. The van der Waals surface area contributed by atoms with E-state index in [1.54, 1.807) is 0 Å². The van der Waals surface area contributed by atoms with Crippen LogP contribution in [0.25, 0.3) is 0 Å². The summed E-state index contributed by atoms with van der Waals surface area (Å²) in [4.78, 5) is 37.7. The van der Waals surface area contributed by atoms with Gasteiger partial charge in [0.25, 0.3) is 0 Å². The molecular formula is C22H25N3O5. The third kappa shape index (κ3) is 6.05. The van der Waals surface area contributed by atoms with Crippen LogP contribution in [-0.4, -0.2) is 55.5 Å². The Hall–Kier alpha value is -3.39. The molecule has 0 radical (unpaired) electrons. The Kier molecular flexibility index (Phi) is 7.40. The molecule has 0 saturated carbocycles. The quantitative estimate of drug-likeness (QED) is 0.639. The number of hydrogen-bond donors (Lipinski definition) is 2. The van der Waals surface area contributed by atoms with Gasteiger partial charge in [-0.3, -0.25) is 19.3 Å². The molecule has 1 saturated heterocycles. The smallest absolute Gasteiger partial charge is 0.325 e. The first-order chi connectivity index (χ1) is 14.5. The van der Waals surface area contributed by atoms with Gasteiger partial charge in [-0.2, -0.15) is 0 Å². The molecular weight excluding hydrogens is 386 g/mol. The second kappa shape index (κ2) is 10.4. The third-order valence-electron chi connectivity index (χ3n) is 4.74. The summed E-state index contributed by atoms with van der Waals surface area (Å²) in [7, 11) is 1.25. The van der Waals surface area contributed by atoms with E-state index in [-0.39, 0.29) is 24.8 Å². The van der Waals surface area contributed by atoms with Crippen molar-refractivity contribution >= 4 is 17.8 Å². The predicted octanol–water partition coefficient (Wildman–Crippen LogP) is 1.46. The molecule has 0 spiro atoms. The summed E-state index contributed by atoms with van der Waals surface area (Å²) in [6, 6.07) is 16.5. The van der Waals surface area contributed by atoms with Crippen LogP contribution >= 0.6 is 0 Å². The second-order valence-electron chi connectivity index (χ2n) is 6.90. The van der Waals surface area contributed by atoms with Gasteiger partial charge in [0.1, 0.15) is 18.0 Å². The molecule has 1 fully saturated rings. The Morgan fingerprint density at radius 1 is 1.13 bits per heavy atom. The van der Waals surface area contributed by atoms with Gasteiger partial charge < -0.3 is 20.1 Å². The van der Waals surface area contributed by atoms with Gasteiger partial charge in [0.2, 0.25) is 11.8 Å². The topological polar surface area (TPSA) is 97.0 Å². The monoisotopic (exact) mass is 411 g/mol. The van der Waals surface area contributed by atoms with Crippen molar-refractivity contribution in [1.29, 1.82) is 0 Å². The fraction of sp³-hybridized carbons (Fsp3) is 0.318. The van der Waals surface area contributed by atoms with Crippen molar-refractivity contribution in [2.45, 2.75) is 19.0 Å². The number of rotatable bonds is 8. The molecule has 0 bridgehead atoms. The highest BCUT2D eigenvalue weighted by Gasteiger charge is 2.31. The maximum atomic E-state index is 12.4. The van der Waals surface area contributed by atoms with E-state index in [0.717, 1.165) is 11.3 Å². The summed E-state index contributed by atoms with van der Waals surface area (Å²) in [6.07, 6.45) is -0.0387. The van der Waals surface area contributed by atoms with Crippen molar-refractivity contribution in [3.05, 3.63) is 60.2 Å². The van der Waals surface area contributed by atoms with Crippen molar-refractivity contribution in [1.82, 2.24) is 15.5 Å². The average Bonchev–Trinajstić information content (AvgIpc) is 2.75. The molecule has 30 heavy (non-hydrogen) atoms. The second-order valence-corrected chi connectivity index (χ2v) is 6.90. The molecule has 8 heteroatoms. The van der Waals surface area contributed by atoms with Crippen LogP contribution in [0.5, 0.6) is 11.5 Å². The fourth-order valence-corrected chi connectivity index (χ4v) is 3.23. The van der Waals surface area contributed by atoms with E-state index >= 15 is 0 Å². The number of benzene rings is 2. The number of carbonyl (C=O) groups excluding carboxylic acids is 3. The predicted molar refractivity (Wildman–Crippen MR) is 110 cm³/mol. The van der Waals surface area contributed by atoms with Gasteiger partial charge >= 0.3 is 5.97 Å². The molecule has 0 aliphatic carbocycles. The number of esters is 1. The molecule has 2 N–H and O–H groups in total. The molecule has 1 aliphatic heterocycles. The molecule has 0 aromatic heterocycles. The van der Waals surface area contributed by atoms with Gasteiger partial charge in [-0.05, 0) is 29.8 Å². The molecule has 1 aliphatic rings. The lowest BCUT2D eigenvalue weighted by molar-refractivity contribution is -0.141. The zero-order valence-corrected chi connectivity index (χ0v) is 16.8. The standard InChI is InChI=1S/C22H25N3O5/c1-29-21(27)14-24-20(26)13-19-22(28)23-10-11-25(19)15-16-6-5-9-18(12-16)30-17-7-3-2-4-8-17/h2-9,12,19H,10-11,13-15H2,1H3,(H,23,28)(H,24,26). The molecule has 2 aromatic carbocycles. The number of para-hydroxylation sites is 1. The SMILES string of the molecule is COC(=O)CNC(=O)CC1C(=O)NCCN1Cc1cccc(Oc2ccccc2)c1. The van der Waals surface area contributed by atoms with Gasteiger partial charge in [-0.1, -0.05) is 30.3 Å². The maximum Gasteiger partial charge on any atom is 0.325 e. The van der Waals surface area contributed by atoms with E-state index in [9.17, 15) is 14.4 Å². The van der Waals surface area contributed by atoms with Gasteiger partial charge in [-0.15, -0.1) is 0 Å². The maximum absolute atomic E-state index is 12.4. The summed E-state index contributed by atoms with van der Waals surface area (Å²) in [5.41, 5.74) is 0.970. The van der Waals surface area contributed by atoms with Gasteiger partial charge in [0.05, 0.1) is 19.6 Å². The van der Waals surface area contributed by atoms with Gasteiger partial charge in [0, 0.05) is 19.6 Å².